The van der Waals surface area contributed by atoms with E-state index in [1.807, 2.05) is 6.07 Å². The Kier molecular flexibility index (Phi) is 5.26. The molecule has 0 saturated heterocycles. The fraction of sp³-hybridized carbons (Fsp3) is 0.538. The molecule has 0 aliphatic heterocycles. The number of rotatable bonds is 5. The quantitative estimate of drug-likeness (QED) is 0.728. The lowest BCUT2D eigenvalue weighted by Gasteiger charge is -2.30. The van der Waals surface area contributed by atoms with Gasteiger partial charge in [0, 0.05) is 23.6 Å². The first-order valence-corrected chi connectivity index (χ1v) is 6.83. The molecule has 3 heteroatoms. The van der Waals surface area contributed by atoms with Gasteiger partial charge in [-0.25, -0.2) is 4.39 Å². The zero-order valence-corrected chi connectivity index (χ0v) is 11.7. The molecular formula is C13H19BrFN. The lowest BCUT2D eigenvalue weighted by Crippen LogP contribution is -2.32. The zero-order chi connectivity index (χ0) is 12.1. The van der Waals surface area contributed by atoms with Crippen molar-refractivity contribution >= 4 is 21.6 Å². The van der Waals surface area contributed by atoms with Crippen LogP contribution in [0.1, 0.15) is 32.8 Å². The van der Waals surface area contributed by atoms with E-state index in [0.717, 1.165) is 24.2 Å². The molecule has 0 unspecified atom stereocenters. The van der Waals surface area contributed by atoms with Crippen molar-refractivity contribution in [1.82, 2.24) is 0 Å². The van der Waals surface area contributed by atoms with Gasteiger partial charge in [0.05, 0.1) is 0 Å². The Hall–Kier alpha value is -0.570. The number of nitrogens with zero attached hydrogens (tertiary/aromatic N) is 1. The zero-order valence-electron chi connectivity index (χ0n) is 10.1. The van der Waals surface area contributed by atoms with Crippen LogP contribution in [0.4, 0.5) is 10.1 Å². The largest absolute Gasteiger partial charge is 0.369 e. The Morgan fingerprint density at radius 3 is 2.56 bits per heavy atom. The summed E-state index contributed by atoms with van der Waals surface area (Å²) >= 11 is 3.42. The summed E-state index contributed by atoms with van der Waals surface area (Å²) in [7, 11) is 0. The van der Waals surface area contributed by atoms with E-state index in [0.29, 0.717) is 11.4 Å². The van der Waals surface area contributed by atoms with Gasteiger partial charge in [0.25, 0.3) is 0 Å². The number of hydrogen-bond donors (Lipinski definition) is 0. The fourth-order valence-corrected chi connectivity index (χ4v) is 2.29. The standard InChI is InChI=1S/C13H19BrFN/c1-4-7-16(10(2)3)13-6-5-12(15)8-11(13)9-14/h5-6,8,10H,4,7,9H2,1-3H3. The van der Waals surface area contributed by atoms with Crippen molar-refractivity contribution in [3.63, 3.8) is 0 Å². The summed E-state index contributed by atoms with van der Waals surface area (Å²) < 4.78 is 13.1. The smallest absolute Gasteiger partial charge is 0.123 e. The molecule has 90 valence electrons. The van der Waals surface area contributed by atoms with E-state index >= 15 is 0 Å². The molecule has 0 N–H and O–H groups in total. The average molecular weight is 288 g/mol. The first kappa shape index (κ1) is 13.5. The number of hydrogen-bond acceptors (Lipinski definition) is 1. The summed E-state index contributed by atoms with van der Waals surface area (Å²) in [5.41, 5.74) is 2.15. The van der Waals surface area contributed by atoms with E-state index in [1.165, 1.54) is 6.07 Å². The second-order valence-corrected chi connectivity index (χ2v) is 4.75. The predicted molar refractivity (Wildman–Crippen MR) is 71.8 cm³/mol. The van der Waals surface area contributed by atoms with Gasteiger partial charge in [0.2, 0.25) is 0 Å². The van der Waals surface area contributed by atoms with Crippen molar-refractivity contribution < 1.29 is 4.39 Å². The molecule has 0 fully saturated rings. The minimum absolute atomic E-state index is 0.168. The minimum Gasteiger partial charge on any atom is -0.369 e. The number of alkyl halides is 1. The van der Waals surface area contributed by atoms with Gasteiger partial charge in [-0.15, -0.1) is 0 Å². The van der Waals surface area contributed by atoms with Crippen LogP contribution in [0.25, 0.3) is 0 Å². The van der Waals surface area contributed by atoms with Crippen molar-refractivity contribution in [2.45, 2.75) is 38.6 Å². The molecule has 1 aromatic rings. The normalized spacial score (nSPS) is 10.9. The van der Waals surface area contributed by atoms with Crippen LogP contribution in [0.15, 0.2) is 18.2 Å². The Morgan fingerprint density at radius 1 is 1.38 bits per heavy atom. The maximum Gasteiger partial charge on any atom is 0.123 e. The number of anilines is 1. The summed E-state index contributed by atoms with van der Waals surface area (Å²) in [6.07, 6.45) is 1.09. The maximum absolute atomic E-state index is 13.1. The lowest BCUT2D eigenvalue weighted by molar-refractivity contribution is 0.623. The number of halogens is 2. The molecule has 0 radical (unpaired) electrons. The van der Waals surface area contributed by atoms with Gasteiger partial charge in [-0.05, 0) is 44.0 Å². The van der Waals surface area contributed by atoms with Gasteiger partial charge in [-0.3, -0.25) is 0 Å². The van der Waals surface area contributed by atoms with Crippen LogP contribution in [0.2, 0.25) is 0 Å². The van der Waals surface area contributed by atoms with Gasteiger partial charge < -0.3 is 4.90 Å². The summed E-state index contributed by atoms with van der Waals surface area (Å²) in [6, 6.07) is 5.45. The second-order valence-electron chi connectivity index (χ2n) is 4.19. The summed E-state index contributed by atoms with van der Waals surface area (Å²) in [6.45, 7) is 7.49. The molecule has 0 aliphatic rings. The molecule has 0 aromatic heterocycles. The predicted octanol–water partition coefficient (Wildman–Crippen LogP) is 4.35. The van der Waals surface area contributed by atoms with Crippen LogP contribution in [-0.2, 0) is 5.33 Å². The first-order valence-electron chi connectivity index (χ1n) is 5.71. The third-order valence-electron chi connectivity index (χ3n) is 2.58. The number of benzene rings is 1. The second kappa shape index (κ2) is 6.24. The van der Waals surface area contributed by atoms with Crippen LogP contribution in [0.3, 0.4) is 0 Å². The Morgan fingerprint density at radius 2 is 2.06 bits per heavy atom. The van der Waals surface area contributed by atoms with Crippen molar-refractivity contribution in [2.24, 2.45) is 0 Å². The highest BCUT2D eigenvalue weighted by molar-refractivity contribution is 9.08. The van der Waals surface area contributed by atoms with Gasteiger partial charge in [-0.2, -0.15) is 0 Å². The van der Waals surface area contributed by atoms with E-state index in [1.54, 1.807) is 6.07 Å². The van der Waals surface area contributed by atoms with Gasteiger partial charge >= 0.3 is 0 Å². The van der Waals surface area contributed by atoms with E-state index < -0.39 is 0 Å². The highest BCUT2D eigenvalue weighted by Crippen LogP contribution is 2.25. The molecule has 0 amide bonds. The average Bonchev–Trinajstić information content (AvgIpc) is 2.26. The summed E-state index contributed by atoms with van der Waals surface area (Å²) in [5.74, 6) is -0.168. The van der Waals surface area contributed by atoms with E-state index in [-0.39, 0.29) is 5.82 Å². The van der Waals surface area contributed by atoms with Crippen LogP contribution < -0.4 is 4.90 Å². The first-order chi connectivity index (χ1) is 7.60. The molecule has 0 spiro atoms. The van der Waals surface area contributed by atoms with Crippen molar-refractivity contribution in [3.8, 4) is 0 Å². The van der Waals surface area contributed by atoms with Gasteiger partial charge in [0.15, 0.2) is 0 Å². The van der Waals surface area contributed by atoms with Crippen LogP contribution in [0.5, 0.6) is 0 Å². The molecule has 0 aliphatic carbocycles. The van der Waals surface area contributed by atoms with Crippen LogP contribution in [0, 0.1) is 5.82 Å². The minimum atomic E-state index is -0.168. The molecule has 0 heterocycles. The van der Waals surface area contributed by atoms with E-state index in [2.05, 4.69) is 41.6 Å². The van der Waals surface area contributed by atoms with E-state index in [9.17, 15) is 4.39 Å². The molecule has 0 bridgehead atoms. The highest BCUT2D eigenvalue weighted by atomic mass is 79.9. The maximum atomic E-state index is 13.1. The lowest BCUT2D eigenvalue weighted by atomic mass is 10.1. The monoisotopic (exact) mass is 287 g/mol. The van der Waals surface area contributed by atoms with Crippen LogP contribution >= 0.6 is 15.9 Å². The molecule has 16 heavy (non-hydrogen) atoms. The van der Waals surface area contributed by atoms with Crippen LogP contribution in [-0.4, -0.2) is 12.6 Å². The summed E-state index contributed by atoms with van der Waals surface area (Å²) in [4.78, 5) is 2.32. The van der Waals surface area contributed by atoms with Crippen molar-refractivity contribution in [2.75, 3.05) is 11.4 Å². The molecule has 1 aromatic carbocycles. The third kappa shape index (κ3) is 3.21. The summed E-state index contributed by atoms with van der Waals surface area (Å²) in [5, 5.41) is 0.688. The van der Waals surface area contributed by atoms with Gasteiger partial charge in [0.1, 0.15) is 5.82 Å². The fourth-order valence-electron chi connectivity index (χ4n) is 1.84. The Labute approximate surface area is 106 Å². The molecule has 0 atom stereocenters. The molecule has 1 rings (SSSR count). The Balaban J connectivity index is 3.07. The SMILES string of the molecule is CCCN(c1ccc(F)cc1CBr)C(C)C. The molecular weight excluding hydrogens is 269 g/mol. The van der Waals surface area contributed by atoms with Gasteiger partial charge in [-0.1, -0.05) is 22.9 Å². The van der Waals surface area contributed by atoms with E-state index in [4.69, 9.17) is 0 Å². The van der Waals surface area contributed by atoms with Crippen molar-refractivity contribution in [3.05, 3.63) is 29.6 Å². The third-order valence-corrected chi connectivity index (χ3v) is 3.19. The Bertz CT molecular complexity index is 339. The van der Waals surface area contributed by atoms with Crippen molar-refractivity contribution in [1.29, 1.82) is 0 Å². The molecule has 0 saturated carbocycles. The topological polar surface area (TPSA) is 3.24 Å². The highest BCUT2D eigenvalue weighted by Gasteiger charge is 2.13. The molecule has 1 nitrogen and oxygen atoms in total.